The molecule has 0 heterocycles. The number of ether oxygens (including phenoxy) is 1. The Morgan fingerprint density at radius 1 is 1.16 bits per heavy atom. The van der Waals surface area contributed by atoms with Crippen molar-refractivity contribution in [2.75, 3.05) is 7.11 Å². The molecule has 1 aliphatic rings. The number of benzene rings is 1. The first-order valence-corrected chi connectivity index (χ1v) is 7.45. The summed E-state index contributed by atoms with van der Waals surface area (Å²) in [7, 11) is 1.45. The molecule has 0 bridgehead atoms. The molecular formula is C17H24O2. The topological polar surface area (TPSA) is 26.3 Å². The van der Waals surface area contributed by atoms with E-state index in [9.17, 15) is 4.79 Å². The van der Waals surface area contributed by atoms with Crippen LogP contribution in [0.15, 0.2) is 24.3 Å². The molecule has 1 aromatic carbocycles. The van der Waals surface area contributed by atoms with Gasteiger partial charge in [-0.15, -0.1) is 0 Å². The summed E-state index contributed by atoms with van der Waals surface area (Å²) in [6.45, 7) is 0. The van der Waals surface area contributed by atoms with E-state index in [0.29, 0.717) is 6.42 Å². The Morgan fingerprint density at radius 3 is 2.47 bits per heavy atom. The number of aryl methyl sites for hydroxylation is 1. The van der Waals surface area contributed by atoms with Gasteiger partial charge in [-0.3, -0.25) is 4.79 Å². The lowest BCUT2D eigenvalue weighted by molar-refractivity contribution is -0.140. The van der Waals surface area contributed by atoms with Gasteiger partial charge in [-0.05, 0) is 42.7 Å². The number of rotatable bonds is 5. The number of hydrogen-bond donors (Lipinski definition) is 0. The molecule has 0 spiro atoms. The molecule has 0 saturated heterocycles. The minimum atomic E-state index is -0.112. The number of carbonyl (C=O) groups is 1. The van der Waals surface area contributed by atoms with E-state index in [0.717, 1.165) is 18.8 Å². The van der Waals surface area contributed by atoms with Crippen molar-refractivity contribution in [2.24, 2.45) is 0 Å². The van der Waals surface area contributed by atoms with Crippen LogP contribution in [0.3, 0.4) is 0 Å². The summed E-state index contributed by atoms with van der Waals surface area (Å²) in [6, 6.07) is 9.01. The molecule has 104 valence electrons. The third-order valence-corrected chi connectivity index (χ3v) is 4.13. The van der Waals surface area contributed by atoms with Crippen molar-refractivity contribution in [3.8, 4) is 0 Å². The van der Waals surface area contributed by atoms with Gasteiger partial charge in [-0.25, -0.2) is 0 Å². The highest BCUT2D eigenvalue weighted by molar-refractivity contribution is 5.69. The highest BCUT2D eigenvalue weighted by Gasteiger charge is 2.14. The number of hydrogen-bond acceptors (Lipinski definition) is 2. The Hall–Kier alpha value is -1.31. The molecule has 1 saturated carbocycles. The average molecular weight is 260 g/mol. The second kappa shape index (κ2) is 7.32. The lowest BCUT2D eigenvalue weighted by Crippen LogP contribution is -2.04. The molecule has 0 N–H and O–H groups in total. The van der Waals surface area contributed by atoms with Crippen LogP contribution in [0.4, 0.5) is 0 Å². The molecule has 1 fully saturated rings. The summed E-state index contributed by atoms with van der Waals surface area (Å²) in [6.07, 6.45) is 9.21. The zero-order chi connectivity index (χ0) is 13.5. The smallest absolute Gasteiger partial charge is 0.305 e. The Morgan fingerprint density at radius 2 is 1.84 bits per heavy atom. The summed E-state index contributed by atoms with van der Waals surface area (Å²) >= 11 is 0. The normalized spacial score (nSPS) is 16.3. The molecule has 2 rings (SSSR count). The van der Waals surface area contributed by atoms with Crippen LogP contribution in [-0.2, 0) is 16.0 Å². The van der Waals surface area contributed by atoms with Crippen LogP contribution in [0.25, 0.3) is 0 Å². The predicted octanol–water partition coefficient (Wildman–Crippen LogP) is 4.23. The predicted molar refractivity (Wildman–Crippen MR) is 77.2 cm³/mol. The summed E-state index contributed by atoms with van der Waals surface area (Å²) in [5, 5.41) is 0. The molecule has 0 unspecified atom stereocenters. The van der Waals surface area contributed by atoms with E-state index in [-0.39, 0.29) is 5.97 Å². The molecule has 0 aliphatic heterocycles. The van der Waals surface area contributed by atoms with Gasteiger partial charge in [-0.1, -0.05) is 43.5 Å². The monoisotopic (exact) mass is 260 g/mol. The van der Waals surface area contributed by atoms with Gasteiger partial charge in [0.25, 0.3) is 0 Å². The summed E-state index contributed by atoms with van der Waals surface area (Å²) in [5.74, 6) is 0.664. The second-order valence-electron chi connectivity index (χ2n) is 5.51. The van der Waals surface area contributed by atoms with Crippen LogP contribution < -0.4 is 0 Å². The largest absolute Gasteiger partial charge is 0.469 e. The maximum atomic E-state index is 11.0. The molecule has 0 amide bonds. The fourth-order valence-electron chi connectivity index (χ4n) is 2.93. The van der Waals surface area contributed by atoms with Crippen LogP contribution in [-0.4, -0.2) is 13.1 Å². The van der Waals surface area contributed by atoms with Crippen molar-refractivity contribution < 1.29 is 9.53 Å². The lowest BCUT2D eigenvalue weighted by atomic mass is 9.84. The van der Waals surface area contributed by atoms with E-state index >= 15 is 0 Å². The van der Waals surface area contributed by atoms with Crippen molar-refractivity contribution in [1.29, 1.82) is 0 Å². The average Bonchev–Trinajstić information content (AvgIpc) is 2.48. The van der Waals surface area contributed by atoms with Crippen molar-refractivity contribution >= 4 is 5.97 Å². The lowest BCUT2D eigenvalue weighted by Gasteiger charge is -2.22. The van der Waals surface area contributed by atoms with Gasteiger partial charge in [0.05, 0.1) is 7.11 Å². The Balaban J connectivity index is 1.82. The highest BCUT2D eigenvalue weighted by Crippen LogP contribution is 2.32. The van der Waals surface area contributed by atoms with Gasteiger partial charge in [0, 0.05) is 6.42 Å². The zero-order valence-corrected chi connectivity index (χ0v) is 11.9. The third kappa shape index (κ3) is 4.38. The van der Waals surface area contributed by atoms with E-state index in [1.807, 2.05) is 0 Å². The van der Waals surface area contributed by atoms with Crippen LogP contribution >= 0.6 is 0 Å². The first-order chi connectivity index (χ1) is 9.29. The fraction of sp³-hybridized carbons (Fsp3) is 0.588. The fourth-order valence-corrected chi connectivity index (χ4v) is 2.93. The molecule has 1 aromatic rings. The molecule has 0 atom stereocenters. The highest BCUT2D eigenvalue weighted by atomic mass is 16.5. The molecule has 19 heavy (non-hydrogen) atoms. The summed E-state index contributed by atoms with van der Waals surface area (Å²) in [5.41, 5.74) is 2.82. The van der Waals surface area contributed by atoms with E-state index in [2.05, 4.69) is 29.0 Å². The standard InChI is InChI=1S/C17H24O2/c1-19-17(18)9-5-6-14-10-12-16(13-11-14)15-7-3-2-4-8-15/h10-13,15H,2-9H2,1H3. The molecule has 1 aliphatic carbocycles. The van der Waals surface area contributed by atoms with Crippen molar-refractivity contribution in [3.63, 3.8) is 0 Å². The van der Waals surface area contributed by atoms with Crippen LogP contribution in [0.2, 0.25) is 0 Å². The summed E-state index contributed by atoms with van der Waals surface area (Å²) in [4.78, 5) is 11.0. The molecule has 2 heteroatoms. The number of esters is 1. The van der Waals surface area contributed by atoms with E-state index in [1.165, 1.54) is 50.3 Å². The van der Waals surface area contributed by atoms with Crippen molar-refractivity contribution in [1.82, 2.24) is 0 Å². The number of methoxy groups -OCH3 is 1. The minimum absolute atomic E-state index is 0.112. The van der Waals surface area contributed by atoms with E-state index in [1.54, 1.807) is 0 Å². The molecule has 2 nitrogen and oxygen atoms in total. The van der Waals surface area contributed by atoms with Gasteiger partial charge in [0.15, 0.2) is 0 Å². The van der Waals surface area contributed by atoms with Gasteiger partial charge in [-0.2, -0.15) is 0 Å². The van der Waals surface area contributed by atoms with Crippen molar-refractivity contribution in [2.45, 2.75) is 57.3 Å². The third-order valence-electron chi connectivity index (χ3n) is 4.13. The molecule has 0 radical (unpaired) electrons. The van der Waals surface area contributed by atoms with Gasteiger partial charge in [0.2, 0.25) is 0 Å². The van der Waals surface area contributed by atoms with Gasteiger partial charge >= 0.3 is 5.97 Å². The van der Waals surface area contributed by atoms with Crippen LogP contribution in [0.5, 0.6) is 0 Å². The van der Waals surface area contributed by atoms with E-state index in [4.69, 9.17) is 0 Å². The maximum absolute atomic E-state index is 11.0. The SMILES string of the molecule is COC(=O)CCCc1ccc(C2CCCCC2)cc1. The second-order valence-corrected chi connectivity index (χ2v) is 5.51. The quantitative estimate of drug-likeness (QED) is 0.740. The Labute approximate surface area is 116 Å². The molecule has 0 aromatic heterocycles. The van der Waals surface area contributed by atoms with Gasteiger partial charge in [0.1, 0.15) is 0 Å². The van der Waals surface area contributed by atoms with Gasteiger partial charge < -0.3 is 4.74 Å². The first-order valence-electron chi connectivity index (χ1n) is 7.45. The first kappa shape index (κ1) is 14.1. The minimum Gasteiger partial charge on any atom is -0.469 e. The van der Waals surface area contributed by atoms with Crippen LogP contribution in [0.1, 0.15) is 62.0 Å². The van der Waals surface area contributed by atoms with Crippen LogP contribution in [0, 0.1) is 0 Å². The zero-order valence-electron chi connectivity index (χ0n) is 11.9. The Bertz CT molecular complexity index is 388. The number of carbonyl (C=O) groups excluding carboxylic acids is 1. The van der Waals surface area contributed by atoms with E-state index < -0.39 is 0 Å². The molecular weight excluding hydrogens is 236 g/mol. The summed E-state index contributed by atoms with van der Waals surface area (Å²) < 4.78 is 4.65. The maximum Gasteiger partial charge on any atom is 0.305 e. The van der Waals surface area contributed by atoms with Crippen molar-refractivity contribution in [3.05, 3.63) is 35.4 Å². The Kier molecular flexibility index (Phi) is 5.44.